The first kappa shape index (κ1) is 15.6. The van der Waals surface area contributed by atoms with Crippen molar-refractivity contribution in [3.8, 4) is 0 Å². The van der Waals surface area contributed by atoms with Gasteiger partial charge >= 0.3 is 0 Å². The van der Waals surface area contributed by atoms with Crippen LogP contribution in [0.3, 0.4) is 0 Å². The van der Waals surface area contributed by atoms with Crippen LogP contribution in [0.1, 0.15) is 18.4 Å². The molecule has 1 aliphatic heterocycles. The summed E-state index contributed by atoms with van der Waals surface area (Å²) >= 11 is 0. The number of carbonyl (C=O) groups is 1. The lowest BCUT2D eigenvalue weighted by molar-refractivity contribution is -0.117. The first-order chi connectivity index (χ1) is 12.2. The monoisotopic (exact) mass is 332 g/mol. The van der Waals surface area contributed by atoms with Crippen molar-refractivity contribution in [3.63, 3.8) is 0 Å². The van der Waals surface area contributed by atoms with Gasteiger partial charge in [-0.2, -0.15) is 0 Å². The molecule has 4 rings (SSSR count). The second-order valence-corrected chi connectivity index (χ2v) is 6.37. The minimum Gasteiger partial charge on any atom is -0.344 e. The van der Waals surface area contributed by atoms with E-state index < -0.39 is 0 Å². The molecule has 1 N–H and O–H groups in total. The molecule has 1 aromatic heterocycles. The Kier molecular flexibility index (Phi) is 4.06. The highest BCUT2D eigenvalue weighted by Gasteiger charge is 2.32. The summed E-state index contributed by atoms with van der Waals surface area (Å²) in [7, 11) is 0. The van der Waals surface area contributed by atoms with Crippen molar-refractivity contribution in [3.05, 3.63) is 60.4 Å². The van der Waals surface area contributed by atoms with Gasteiger partial charge in [-0.05, 0) is 43.5 Å². The quantitative estimate of drug-likeness (QED) is 0.797. The molecule has 5 nitrogen and oxygen atoms in total. The Morgan fingerprint density at radius 1 is 1.12 bits per heavy atom. The van der Waals surface area contributed by atoms with Crippen molar-refractivity contribution in [2.75, 3.05) is 16.8 Å². The summed E-state index contributed by atoms with van der Waals surface area (Å²) in [6.45, 7) is 2.83. The maximum Gasteiger partial charge on any atom is 0.247 e. The van der Waals surface area contributed by atoms with Crippen molar-refractivity contribution in [2.45, 2.75) is 25.8 Å². The minimum atomic E-state index is -0.210. The molecule has 0 aliphatic carbocycles. The van der Waals surface area contributed by atoms with Crippen molar-refractivity contribution >= 4 is 28.3 Å². The molecule has 2 aromatic carbocycles. The summed E-state index contributed by atoms with van der Waals surface area (Å²) in [5.74, 6) is 0.863. The van der Waals surface area contributed by atoms with Gasteiger partial charge in [0.2, 0.25) is 5.91 Å². The fraction of sp³-hybridized carbons (Fsp3) is 0.250. The third-order valence-electron chi connectivity index (χ3n) is 4.75. The van der Waals surface area contributed by atoms with Crippen LogP contribution >= 0.6 is 0 Å². The van der Waals surface area contributed by atoms with Gasteiger partial charge in [-0.1, -0.05) is 30.3 Å². The third kappa shape index (κ3) is 2.93. The zero-order chi connectivity index (χ0) is 17.2. The topological polar surface area (TPSA) is 58.1 Å². The highest BCUT2D eigenvalue weighted by Crippen LogP contribution is 2.30. The van der Waals surface area contributed by atoms with Gasteiger partial charge in [0.1, 0.15) is 18.2 Å². The average Bonchev–Trinajstić information content (AvgIpc) is 3.13. The fourth-order valence-electron chi connectivity index (χ4n) is 3.44. The summed E-state index contributed by atoms with van der Waals surface area (Å²) in [6.07, 6.45) is 3.38. The first-order valence-corrected chi connectivity index (χ1v) is 8.57. The number of hydrogen-bond acceptors (Lipinski definition) is 4. The van der Waals surface area contributed by atoms with E-state index in [0.717, 1.165) is 47.4 Å². The number of anilines is 2. The van der Waals surface area contributed by atoms with E-state index in [1.807, 2.05) is 55.5 Å². The minimum absolute atomic E-state index is 0.0227. The maximum absolute atomic E-state index is 12.9. The third-order valence-corrected chi connectivity index (χ3v) is 4.75. The van der Waals surface area contributed by atoms with Crippen LogP contribution in [0.25, 0.3) is 10.9 Å². The zero-order valence-electron chi connectivity index (χ0n) is 14.1. The van der Waals surface area contributed by atoms with Gasteiger partial charge in [-0.25, -0.2) is 9.97 Å². The van der Waals surface area contributed by atoms with Crippen molar-refractivity contribution < 1.29 is 4.79 Å². The van der Waals surface area contributed by atoms with E-state index in [2.05, 4.69) is 20.2 Å². The van der Waals surface area contributed by atoms with Gasteiger partial charge in [0, 0.05) is 17.6 Å². The van der Waals surface area contributed by atoms with Crippen LogP contribution in [-0.2, 0) is 4.79 Å². The number of carbonyl (C=O) groups excluding carboxylic acids is 1. The maximum atomic E-state index is 12.9. The van der Waals surface area contributed by atoms with Gasteiger partial charge in [-0.3, -0.25) is 4.79 Å². The Hall–Kier alpha value is -2.95. The number of nitrogens with zero attached hydrogens (tertiary/aromatic N) is 3. The molecule has 3 aromatic rings. The molecule has 0 radical (unpaired) electrons. The Bertz CT molecular complexity index is 919. The van der Waals surface area contributed by atoms with E-state index in [1.165, 1.54) is 0 Å². The Morgan fingerprint density at radius 3 is 2.80 bits per heavy atom. The predicted molar refractivity (Wildman–Crippen MR) is 99.7 cm³/mol. The molecular formula is C20H20N4O. The number of hydrogen-bond donors (Lipinski definition) is 1. The van der Waals surface area contributed by atoms with E-state index in [0.29, 0.717) is 0 Å². The van der Waals surface area contributed by atoms with Crippen LogP contribution in [0, 0.1) is 6.92 Å². The van der Waals surface area contributed by atoms with Crippen molar-refractivity contribution in [1.82, 2.24) is 9.97 Å². The molecule has 1 saturated heterocycles. The van der Waals surface area contributed by atoms with Crippen LogP contribution in [-0.4, -0.2) is 28.5 Å². The normalized spacial score (nSPS) is 17.0. The van der Waals surface area contributed by atoms with Crippen LogP contribution in [0.2, 0.25) is 0 Å². The lowest BCUT2D eigenvalue weighted by Gasteiger charge is -2.26. The lowest BCUT2D eigenvalue weighted by Crippen LogP contribution is -2.40. The van der Waals surface area contributed by atoms with E-state index in [1.54, 1.807) is 6.33 Å². The Morgan fingerprint density at radius 2 is 1.92 bits per heavy atom. The van der Waals surface area contributed by atoms with Crippen LogP contribution in [0.4, 0.5) is 11.5 Å². The number of rotatable bonds is 3. The number of benzene rings is 2. The van der Waals surface area contributed by atoms with Gasteiger partial charge in [0.05, 0.1) is 5.52 Å². The second-order valence-electron chi connectivity index (χ2n) is 6.37. The molecule has 1 atom stereocenters. The molecule has 2 heterocycles. The van der Waals surface area contributed by atoms with E-state index >= 15 is 0 Å². The molecule has 126 valence electrons. The number of fused-ring (bicyclic) bond motifs is 1. The van der Waals surface area contributed by atoms with Crippen LogP contribution < -0.4 is 10.2 Å². The standard InChI is InChI=1S/C20H20N4O/c1-14-7-2-4-9-16(14)23-20(25)18-11-6-12-24(18)19-15-8-3-5-10-17(15)21-13-22-19/h2-5,7-10,13,18H,6,11-12H2,1H3,(H,23,25)/t18-/m1/s1. The summed E-state index contributed by atoms with van der Waals surface area (Å²) in [4.78, 5) is 23.8. The number of aromatic nitrogens is 2. The van der Waals surface area contributed by atoms with Crippen LogP contribution in [0.15, 0.2) is 54.9 Å². The fourth-order valence-corrected chi connectivity index (χ4v) is 3.44. The summed E-state index contributed by atoms with van der Waals surface area (Å²) in [5.41, 5.74) is 2.83. The van der Waals surface area contributed by atoms with Gasteiger partial charge < -0.3 is 10.2 Å². The smallest absolute Gasteiger partial charge is 0.247 e. The van der Waals surface area contributed by atoms with Gasteiger partial charge in [0.15, 0.2) is 0 Å². The second kappa shape index (κ2) is 6.51. The number of para-hydroxylation sites is 2. The van der Waals surface area contributed by atoms with Crippen molar-refractivity contribution in [2.24, 2.45) is 0 Å². The predicted octanol–water partition coefficient (Wildman–Crippen LogP) is 3.55. The highest BCUT2D eigenvalue weighted by molar-refractivity contribution is 5.99. The largest absolute Gasteiger partial charge is 0.344 e. The Labute approximate surface area is 146 Å². The summed E-state index contributed by atoms with van der Waals surface area (Å²) in [6, 6.07) is 15.6. The molecule has 0 bridgehead atoms. The van der Waals surface area contributed by atoms with E-state index in [9.17, 15) is 4.79 Å². The van der Waals surface area contributed by atoms with Gasteiger partial charge in [-0.15, -0.1) is 0 Å². The summed E-state index contributed by atoms with van der Waals surface area (Å²) in [5, 5.41) is 4.06. The molecule has 0 unspecified atom stereocenters. The molecule has 1 amide bonds. The lowest BCUT2D eigenvalue weighted by atomic mass is 10.1. The number of nitrogens with one attached hydrogen (secondary N) is 1. The van der Waals surface area contributed by atoms with E-state index in [4.69, 9.17) is 0 Å². The molecule has 0 spiro atoms. The average molecular weight is 332 g/mol. The molecule has 0 saturated carbocycles. The molecule has 25 heavy (non-hydrogen) atoms. The number of aryl methyl sites for hydroxylation is 1. The summed E-state index contributed by atoms with van der Waals surface area (Å²) < 4.78 is 0. The van der Waals surface area contributed by atoms with E-state index in [-0.39, 0.29) is 11.9 Å². The Balaban J connectivity index is 1.64. The molecular weight excluding hydrogens is 312 g/mol. The molecule has 5 heteroatoms. The van der Waals surface area contributed by atoms with Gasteiger partial charge in [0.25, 0.3) is 0 Å². The molecule has 1 fully saturated rings. The zero-order valence-corrected chi connectivity index (χ0v) is 14.1. The first-order valence-electron chi connectivity index (χ1n) is 8.57. The van der Waals surface area contributed by atoms with Crippen molar-refractivity contribution in [1.29, 1.82) is 0 Å². The SMILES string of the molecule is Cc1ccccc1NC(=O)[C@H]1CCCN1c1ncnc2ccccc12. The van der Waals surface area contributed by atoms with Crippen LogP contribution in [0.5, 0.6) is 0 Å². The number of amides is 1. The molecule has 1 aliphatic rings. The highest BCUT2D eigenvalue weighted by atomic mass is 16.2.